The smallest absolute Gasteiger partial charge is 0.475 e. The topological polar surface area (TPSA) is 96.4 Å². The molecule has 0 fully saturated rings. The van der Waals surface area contributed by atoms with Crippen LogP contribution in [0.4, 0.5) is 39.5 Å². The predicted molar refractivity (Wildman–Crippen MR) is 140 cm³/mol. The van der Waals surface area contributed by atoms with Crippen LogP contribution >= 0.6 is 0 Å². The van der Waals surface area contributed by atoms with Gasteiger partial charge in [0.15, 0.2) is 5.78 Å². The van der Waals surface area contributed by atoms with Gasteiger partial charge < -0.3 is 10.4 Å². The van der Waals surface area contributed by atoms with Crippen LogP contribution in [0.15, 0.2) is 97.2 Å². The number of carboxylic acids is 1. The average Bonchev–Trinajstić information content (AvgIpc) is 2.99. The maximum atomic E-state index is 13.8. The first kappa shape index (κ1) is 34.3. The fraction of sp³-hybridized carbons (Fsp3) is 0.133. The summed E-state index contributed by atoms with van der Waals surface area (Å²) in [6.07, 6.45) is -13.5. The number of halogens is 9. The quantitative estimate of drug-likeness (QED) is 0.168. The molecule has 0 aliphatic carbocycles. The van der Waals surface area contributed by atoms with Crippen LogP contribution in [0.1, 0.15) is 54.7 Å². The fourth-order valence-electron chi connectivity index (χ4n) is 3.83. The highest BCUT2D eigenvalue weighted by molar-refractivity contribution is 6.10. The average molecular weight is 642 g/mol. The molecule has 0 aliphatic rings. The summed E-state index contributed by atoms with van der Waals surface area (Å²) in [5.74, 6) is -3.98. The summed E-state index contributed by atoms with van der Waals surface area (Å²) in [4.78, 5) is 38.7. The normalized spacial score (nSPS) is 12.4. The fourth-order valence-corrected chi connectivity index (χ4v) is 3.83. The van der Waals surface area contributed by atoms with E-state index in [9.17, 15) is 49.1 Å². The number of hydrogen-bond donors (Lipinski definition) is 2. The van der Waals surface area contributed by atoms with Crippen LogP contribution in [-0.2, 0) is 17.1 Å². The van der Waals surface area contributed by atoms with Crippen LogP contribution < -0.4 is 5.32 Å². The van der Waals surface area contributed by atoms with Crippen molar-refractivity contribution in [1.82, 2.24) is 10.3 Å². The van der Waals surface area contributed by atoms with Crippen molar-refractivity contribution in [2.45, 2.75) is 24.6 Å². The summed E-state index contributed by atoms with van der Waals surface area (Å²) >= 11 is 0. The van der Waals surface area contributed by atoms with Gasteiger partial charge in [0.1, 0.15) is 0 Å². The molecule has 3 aromatic carbocycles. The molecule has 236 valence electrons. The van der Waals surface area contributed by atoms with Crippen LogP contribution in [0.3, 0.4) is 0 Å². The Labute approximate surface area is 248 Å². The number of nitrogens with zero attached hydrogens (tertiary/aromatic N) is 1. The molecular formula is C30H19F9N2O4. The molecule has 0 saturated heterocycles. The first-order chi connectivity index (χ1) is 20.9. The lowest BCUT2D eigenvalue weighted by molar-refractivity contribution is -0.192. The van der Waals surface area contributed by atoms with Crippen molar-refractivity contribution in [3.63, 3.8) is 0 Å². The van der Waals surface area contributed by atoms with Gasteiger partial charge in [-0.1, -0.05) is 54.6 Å². The number of carbonyl (C=O) groups excluding carboxylic acids is 2. The molecule has 1 atom stereocenters. The Balaban J connectivity index is 0.000000707. The molecule has 0 radical (unpaired) electrons. The minimum atomic E-state index is -5.08. The number of ketones is 1. The molecule has 1 amide bonds. The first-order valence-electron chi connectivity index (χ1n) is 12.4. The molecule has 0 bridgehead atoms. The van der Waals surface area contributed by atoms with E-state index in [-0.39, 0.29) is 22.5 Å². The largest absolute Gasteiger partial charge is 0.490 e. The number of aliphatic carboxylic acids is 1. The number of amides is 1. The van der Waals surface area contributed by atoms with Crippen molar-refractivity contribution < 1.29 is 59.0 Å². The van der Waals surface area contributed by atoms with Crippen molar-refractivity contribution in [1.29, 1.82) is 0 Å². The van der Waals surface area contributed by atoms with Crippen LogP contribution in [0.2, 0.25) is 0 Å². The van der Waals surface area contributed by atoms with Gasteiger partial charge in [-0.05, 0) is 42.0 Å². The second kappa shape index (κ2) is 13.6. The lowest BCUT2D eigenvalue weighted by Crippen LogP contribution is -2.32. The molecule has 0 spiro atoms. The van der Waals surface area contributed by atoms with Gasteiger partial charge in [-0.15, -0.1) is 0 Å². The van der Waals surface area contributed by atoms with Gasteiger partial charge >= 0.3 is 24.5 Å². The zero-order valence-corrected chi connectivity index (χ0v) is 22.3. The van der Waals surface area contributed by atoms with E-state index in [1.165, 1.54) is 24.3 Å². The third kappa shape index (κ3) is 9.14. The summed E-state index contributed by atoms with van der Waals surface area (Å²) in [6, 6.07) is 17.5. The Morgan fingerprint density at radius 2 is 1.22 bits per heavy atom. The third-order valence-electron chi connectivity index (χ3n) is 5.93. The van der Waals surface area contributed by atoms with Crippen LogP contribution in [0.25, 0.3) is 0 Å². The van der Waals surface area contributed by atoms with E-state index in [0.717, 1.165) is 30.5 Å². The Morgan fingerprint density at radius 3 is 1.76 bits per heavy atom. The van der Waals surface area contributed by atoms with Crippen molar-refractivity contribution in [3.05, 3.63) is 136 Å². The number of carbonyl (C=O) groups is 3. The predicted octanol–water partition coefficient (Wildman–Crippen LogP) is 7.50. The second-order valence-corrected chi connectivity index (χ2v) is 9.04. The Hall–Kier alpha value is -5.21. The van der Waals surface area contributed by atoms with Gasteiger partial charge in [0.25, 0.3) is 5.91 Å². The number of carboxylic acid groups (broad SMARTS) is 1. The zero-order valence-electron chi connectivity index (χ0n) is 22.3. The first-order valence-corrected chi connectivity index (χ1v) is 12.4. The highest BCUT2D eigenvalue weighted by Crippen LogP contribution is 2.36. The lowest BCUT2D eigenvalue weighted by Gasteiger charge is -2.23. The summed E-state index contributed by atoms with van der Waals surface area (Å²) < 4.78 is 112. The summed E-state index contributed by atoms with van der Waals surface area (Å²) in [5, 5.41) is 9.57. The molecule has 0 unspecified atom stereocenters. The molecule has 0 aliphatic heterocycles. The van der Waals surface area contributed by atoms with E-state index in [2.05, 4.69) is 10.3 Å². The monoisotopic (exact) mass is 642 g/mol. The Kier molecular flexibility index (Phi) is 10.4. The minimum Gasteiger partial charge on any atom is -0.475 e. The Morgan fingerprint density at radius 1 is 0.667 bits per heavy atom. The minimum absolute atomic E-state index is 0.0341. The van der Waals surface area contributed by atoms with Crippen molar-refractivity contribution in [2.24, 2.45) is 0 Å². The third-order valence-corrected chi connectivity index (χ3v) is 5.93. The van der Waals surface area contributed by atoms with E-state index in [1.807, 2.05) is 0 Å². The molecule has 45 heavy (non-hydrogen) atoms. The highest BCUT2D eigenvalue weighted by Gasteiger charge is 2.39. The zero-order chi connectivity index (χ0) is 33.6. The van der Waals surface area contributed by atoms with Crippen LogP contribution in [0.5, 0.6) is 0 Å². The molecule has 15 heteroatoms. The van der Waals surface area contributed by atoms with E-state index in [1.54, 1.807) is 30.3 Å². The number of pyridine rings is 1. The summed E-state index contributed by atoms with van der Waals surface area (Å²) in [7, 11) is 0. The maximum absolute atomic E-state index is 13.8. The van der Waals surface area contributed by atoms with Gasteiger partial charge in [0, 0.05) is 22.9 Å². The maximum Gasteiger partial charge on any atom is 0.490 e. The number of alkyl halides is 9. The van der Waals surface area contributed by atoms with Gasteiger partial charge in [0.2, 0.25) is 0 Å². The number of rotatable bonds is 6. The second-order valence-electron chi connectivity index (χ2n) is 9.04. The van der Waals surface area contributed by atoms with Crippen LogP contribution in [0, 0.1) is 0 Å². The van der Waals surface area contributed by atoms with E-state index in [0.29, 0.717) is 17.7 Å². The van der Waals surface area contributed by atoms with Gasteiger partial charge in [0.05, 0.1) is 22.9 Å². The molecule has 2 N–H and O–H groups in total. The van der Waals surface area contributed by atoms with Gasteiger partial charge in [-0.3, -0.25) is 14.6 Å². The van der Waals surface area contributed by atoms with Gasteiger partial charge in [-0.2, -0.15) is 39.5 Å². The van der Waals surface area contributed by atoms with Crippen molar-refractivity contribution in [2.75, 3.05) is 0 Å². The molecule has 4 rings (SSSR count). The molecule has 0 saturated carbocycles. The molecule has 6 nitrogen and oxygen atoms in total. The lowest BCUT2D eigenvalue weighted by atomic mass is 9.96. The molecule has 1 heterocycles. The standard InChI is InChI=1S/C28H18F6N2O2.C2HF3O2/c29-27(30,31)21-13-11-17(12-14-21)23(24-22(28(32,33)34)10-5-15-35-24)36-26(38)20-9-4-8-19(16-20)25(37)18-6-2-1-3-7-18;3-2(4,5)1(6)7/h1-16,23H,(H,36,38);(H,6,7)/t23-;/m0./s1. The Bertz CT molecular complexity index is 1650. The summed E-state index contributed by atoms with van der Waals surface area (Å²) in [6.45, 7) is 0. The number of nitrogens with one attached hydrogen (secondary N) is 1. The van der Waals surface area contributed by atoms with Crippen molar-refractivity contribution >= 4 is 17.7 Å². The number of benzene rings is 3. The van der Waals surface area contributed by atoms with Crippen LogP contribution in [-0.4, -0.2) is 33.9 Å². The molecular weight excluding hydrogens is 623 g/mol. The van der Waals surface area contributed by atoms with Crippen molar-refractivity contribution in [3.8, 4) is 0 Å². The van der Waals surface area contributed by atoms with Gasteiger partial charge in [-0.25, -0.2) is 4.79 Å². The number of aromatic nitrogens is 1. The SMILES string of the molecule is O=C(N[C@@H](c1ccc(C(F)(F)F)cc1)c1ncccc1C(F)(F)F)c1cccc(C(=O)c2ccccc2)c1.O=C(O)C(F)(F)F. The van der Waals surface area contributed by atoms with E-state index >= 15 is 0 Å². The highest BCUT2D eigenvalue weighted by atomic mass is 19.4. The molecule has 1 aromatic heterocycles. The van der Waals surface area contributed by atoms with E-state index < -0.39 is 53.3 Å². The number of hydrogen-bond acceptors (Lipinski definition) is 4. The van der Waals surface area contributed by atoms with E-state index in [4.69, 9.17) is 9.90 Å². The molecule has 4 aromatic rings. The summed E-state index contributed by atoms with van der Waals surface area (Å²) in [5.41, 5.74) is -2.29.